The molecule has 3 aromatic rings. The van der Waals surface area contributed by atoms with Crippen molar-refractivity contribution in [2.45, 2.75) is 13.1 Å². The minimum absolute atomic E-state index is 0.212. The maximum Gasteiger partial charge on any atom is 0.433 e. The molecule has 2 heterocycles. The van der Waals surface area contributed by atoms with E-state index in [9.17, 15) is 13.2 Å². The summed E-state index contributed by atoms with van der Waals surface area (Å²) in [6.07, 6.45) is -3.33. The molecule has 0 radical (unpaired) electrons. The molecule has 0 N–H and O–H groups in total. The van der Waals surface area contributed by atoms with Crippen LogP contribution in [0.3, 0.4) is 0 Å². The highest BCUT2D eigenvalue weighted by Gasteiger charge is 2.35. The van der Waals surface area contributed by atoms with Crippen molar-refractivity contribution in [3.8, 4) is 16.4 Å². The van der Waals surface area contributed by atoms with Crippen LogP contribution in [-0.4, -0.2) is 14.8 Å². The highest BCUT2D eigenvalue weighted by atomic mass is 32.1. The fraction of sp³-hybridized carbons (Fsp3) is 0.143. The van der Waals surface area contributed by atoms with Crippen molar-refractivity contribution < 1.29 is 13.2 Å². The van der Waals surface area contributed by atoms with Gasteiger partial charge >= 0.3 is 6.18 Å². The summed E-state index contributed by atoms with van der Waals surface area (Å²) in [5.41, 5.74) is 0.730. The number of benzene rings is 1. The van der Waals surface area contributed by atoms with Crippen LogP contribution >= 0.6 is 11.3 Å². The average Bonchev–Trinajstić information content (AvgIpc) is 3.05. The zero-order valence-corrected chi connectivity index (χ0v) is 11.7. The third kappa shape index (κ3) is 2.56. The fourth-order valence-corrected chi connectivity index (χ4v) is 2.91. The normalized spacial score (nSPS) is 11.8. The van der Waals surface area contributed by atoms with Crippen LogP contribution in [0.4, 0.5) is 13.2 Å². The van der Waals surface area contributed by atoms with Crippen molar-refractivity contribution in [2.24, 2.45) is 0 Å². The molecule has 0 unspecified atom stereocenters. The lowest BCUT2D eigenvalue weighted by molar-refractivity contribution is -0.142. The Labute approximate surface area is 122 Å². The highest BCUT2D eigenvalue weighted by molar-refractivity contribution is 7.14. The van der Waals surface area contributed by atoms with Crippen LogP contribution in [0.2, 0.25) is 0 Å². The van der Waals surface area contributed by atoms with E-state index in [4.69, 9.17) is 0 Å². The standard InChI is InChI=1S/C14H10F3N3S/c1-9-12(10-5-3-2-4-6-10)19-13(21-9)20-11(7-8-18-20)14(15,16)17/h2-8H,1H3. The molecular formula is C14H10F3N3S. The Balaban J connectivity index is 2.09. The molecule has 3 rings (SSSR count). The molecule has 0 atom stereocenters. The predicted octanol–water partition coefficient (Wildman–Crippen LogP) is 4.32. The molecule has 0 aliphatic carbocycles. The van der Waals surface area contributed by atoms with E-state index in [0.29, 0.717) is 5.69 Å². The van der Waals surface area contributed by atoms with Crippen LogP contribution in [0.1, 0.15) is 10.6 Å². The Bertz CT molecular complexity index is 759. The van der Waals surface area contributed by atoms with Crippen LogP contribution < -0.4 is 0 Å². The quantitative estimate of drug-likeness (QED) is 0.705. The monoisotopic (exact) mass is 309 g/mol. The van der Waals surface area contributed by atoms with Crippen molar-refractivity contribution >= 4 is 11.3 Å². The maximum atomic E-state index is 12.9. The lowest BCUT2D eigenvalue weighted by Gasteiger charge is -2.07. The Morgan fingerprint density at radius 3 is 2.48 bits per heavy atom. The zero-order valence-electron chi connectivity index (χ0n) is 10.9. The number of alkyl halides is 3. The van der Waals surface area contributed by atoms with Gasteiger partial charge in [0.1, 0.15) is 0 Å². The molecule has 0 spiro atoms. The SMILES string of the molecule is Cc1sc(-n2nccc2C(F)(F)F)nc1-c1ccccc1. The van der Waals surface area contributed by atoms with Gasteiger partial charge in [-0.15, -0.1) is 0 Å². The van der Waals surface area contributed by atoms with Gasteiger partial charge in [-0.2, -0.15) is 18.3 Å². The molecule has 0 bridgehead atoms. The third-order valence-corrected chi connectivity index (χ3v) is 3.89. The van der Waals surface area contributed by atoms with Crippen LogP contribution in [0.15, 0.2) is 42.6 Å². The van der Waals surface area contributed by atoms with Gasteiger partial charge in [0.05, 0.1) is 11.9 Å². The molecule has 21 heavy (non-hydrogen) atoms. The first-order chi connectivity index (χ1) is 9.97. The van der Waals surface area contributed by atoms with Crippen LogP contribution in [0, 0.1) is 6.92 Å². The first kappa shape index (κ1) is 13.8. The first-order valence-corrected chi connectivity index (χ1v) is 6.93. The summed E-state index contributed by atoms with van der Waals surface area (Å²) in [5.74, 6) is 0. The summed E-state index contributed by atoms with van der Waals surface area (Å²) in [6.45, 7) is 1.83. The minimum Gasteiger partial charge on any atom is -0.218 e. The molecule has 108 valence electrons. The van der Waals surface area contributed by atoms with E-state index in [0.717, 1.165) is 27.4 Å². The van der Waals surface area contributed by atoms with E-state index in [2.05, 4.69) is 10.1 Å². The van der Waals surface area contributed by atoms with E-state index in [-0.39, 0.29) is 5.13 Å². The molecule has 3 nitrogen and oxygen atoms in total. The van der Waals surface area contributed by atoms with Crippen molar-refractivity contribution in [2.75, 3.05) is 0 Å². The summed E-state index contributed by atoms with van der Waals surface area (Å²) in [6, 6.07) is 10.3. The van der Waals surface area contributed by atoms with Crippen molar-refractivity contribution in [3.05, 3.63) is 53.2 Å². The fourth-order valence-electron chi connectivity index (χ4n) is 2.01. The molecule has 0 fully saturated rings. The largest absolute Gasteiger partial charge is 0.433 e. The summed E-state index contributed by atoms with van der Waals surface area (Å²) in [4.78, 5) is 5.16. The van der Waals surface area contributed by atoms with E-state index >= 15 is 0 Å². The van der Waals surface area contributed by atoms with Gasteiger partial charge < -0.3 is 0 Å². The Morgan fingerprint density at radius 2 is 1.81 bits per heavy atom. The number of hydrogen-bond acceptors (Lipinski definition) is 3. The summed E-state index contributed by atoms with van der Waals surface area (Å²) in [7, 11) is 0. The van der Waals surface area contributed by atoms with Crippen LogP contribution in [0.25, 0.3) is 16.4 Å². The Morgan fingerprint density at radius 1 is 1.10 bits per heavy atom. The van der Waals surface area contributed by atoms with Crippen molar-refractivity contribution in [1.29, 1.82) is 0 Å². The van der Waals surface area contributed by atoms with Crippen molar-refractivity contribution in [3.63, 3.8) is 0 Å². The second-order valence-corrected chi connectivity index (χ2v) is 5.57. The molecule has 2 aromatic heterocycles. The number of aryl methyl sites for hydroxylation is 1. The summed E-state index contributed by atoms with van der Waals surface area (Å²) < 4.78 is 39.6. The molecular weight excluding hydrogens is 299 g/mol. The smallest absolute Gasteiger partial charge is 0.218 e. The predicted molar refractivity (Wildman–Crippen MR) is 74.4 cm³/mol. The molecule has 0 aliphatic rings. The van der Waals surface area contributed by atoms with Gasteiger partial charge in [-0.3, -0.25) is 0 Å². The highest BCUT2D eigenvalue weighted by Crippen LogP contribution is 2.34. The molecule has 7 heteroatoms. The van der Waals surface area contributed by atoms with Crippen LogP contribution in [-0.2, 0) is 6.18 Å². The van der Waals surface area contributed by atoms with E-state index in [1.54, 1.807) is 0 Å². The van der Waals surface area contributed by atoms with Gasteiger partial charge in [-0.1, -0.05) is 41.7 Å². The second kappa shape index (κ2) is 5.00. The lowest BCUT2D eigenvalue weighted by atomic mass is 10.1. The third-order valence-electron chi connectivity index (χ3n) is 2.95. The molecule has 1 aromatic carbocycles. The minimum atomic E-state index is -4.46. The lowest BCUT2D eigenvalue weighted by Crippen LogP contribution is -2.13. The van der Waals surface area contributed by atoms with Gasteiger partial charge in [0.2, 0.25) is 5.13 Å². The van der Waals surface area contributed by atoms with Gasteiger partial charge in [0.15, 0.2) is 5.69 Å². The Hall–Kier alpha value is -2.15. The molecule has 0 amide bonds. The van der Waals surface area contributed by atoms with Gasteiger partial charge in [0.25, 0.3) is 0 Å². The molecule has 0 saturated carbocycles. The number of aromatic nitrogens is 3. The number of halogens is 3. The first-order valence-electron chi connectivity index (χ1n) is 6.11. The molecule has 0 aliphatic heterocycles. The number of hydrogen-bond donors (Lipinski definition) is 0. The average molecular weight is 309 g/mol. The topological polar surface area (TPSA) is 30.7 Å². The maximum absolute atomic E-state index is 12.9. The van der Waals surface area contributed by atoms with E-state index in [1.807, 2.05) is 37.3 Å². The Kier molecular flexibility index (Phi) is 3.29. The van der Waals surface area contributed by atoms with Gasteiger partial charge in [-0.25, -0.2) is 9.67 Å². The zero-order chi connectivity index (χ0) is 15.0. The summed E-state index contributed by atoms with van der Waals surface area (Å²) in [5, 5.41) is 3.96. The van der Waals surface area contributed by atoms with E-state index < -0.39 is 11.9 Å². The summed E-state index contributed by atoms with van der Waals surface area (Å²) >= 11 is 1.19. The number of nitrogens with zero attached hydrogens (tertiary/aromatic N) is 3. The van der Waals surface area contributed by atoms with Gasteiger partial charge in [0, 0.05) is 10.4 Å². The number of rotatable bonds is 2. The second-order valence-electron chi connectivity index (χ2n) is 4.39. The number of thiazole rings is 1. The molecule has 0 saturated heterocycles. The van der Waals surface area contributed by atoms with Gasteiger partial charge in [-0.05, 0) is 13.0 Å². The van der Waals surface area contributed by atoms with Crippen LogP contribution in [0.5, 0.6) is 0 Å². The van der Waals surface area contributed by atoms with E-state index in [1.165, 1.54) is 11.3 Å². The van der Waals surface area contributed by atoms with Crippen molar-refractivity contribution in [1.82, 2.24) is 14.8 Å².